The zero-order valence-electron chi connectivity index (χ0n) is 14.5. The first-order valence-electron chi connectivity index (χ1n) is 8.30. The Labute approximate surface area is 151 Å². The summed E-state index contributed by atoms with van der Waals surface area (Å²) < 4.78 is 15.7. The van der Waals surface area contributed by atoms with E-state index in [1.165, 1.54) is 6.07 Å². The van der Waals surface area contributed by atoms with Crippen LogP contribution < -0.4 is 0 Å². The van der Waals surface area contributed by atoms with Gasteiger partial charge in [-0.15, -0.1) is 0 Å². The molecule has 0 bridgehead atoms. The van der Waals surface area contributed by atoms with Crippen LogP contribution in [0.15, 0.2) is 61.1 Å². The fourth-order valence-corrected chi connectivity index (χ4v) is 2.78. The van der Waals surface area contributed by atoms with Crippen LogP contribution in [0, 0.1) is 5.82 Å². The zero-order chi connectivity index (χ0) is 18.5. The van der Waals surface area contributed by atoms with Gasteiger partial charge in [0.1, 0.15) is 5.82 Å². The van der Waals surface area contributed by atoms with E-state index < -0.39 is 0 Å². The summed E-state index contributed by atoms with van der Waals surface area (Å²) in [7, 11) is 1.85. The number of carbonyl (C=O) groups is 1. The summed E-state index contributed by atoms with van der Waals surface area (Å²) >= 11 is 0. The van der Waals surface area contributed by atoms with E-state index in [4.69, 9.17) is 0 Å². The van der Waals surface area contributed by atoms with Gasteiger partial charge in [-0.1, -0.05) is 30.3 Å². The van der Waals surface area contributed by atoms with Crippen molar-refractivity contribution in [3.63, 3.8) is 0 Å². The molecule has 5 nitrogen and oxygen atoms in total. The molecule has 0 aliphatic carbocycles. The molecule has 1 heterocycles. The number of aromatic nitrogens is 2. The monoisotopic (exact) mass is 353 g/mol. The highest BCUT2D eigenvalue weighted by atomic mass is 19.1. The molecular formula is C20H20FN3O2. The van der Waals surface area contributed by atoms with E-state index in [-0.39, 0.29) is 24.9 Å². The smallest absolute Gasteiger partial charge is 0.254 e. The summed E-state index contributed by atoms with van der Waals surface area (Å²) in [6.07, 6.45) is 3.36. The Bertz CT molecular complexity index is 890. The number of aliphatic hydroxyl groups excluding tert-OH is 1. The highest BCUT2D eigenvalue weighted by Gasteiger charge is 2.17. The lowest BCUT2D eigenvalue weighted by Crippen LogP contribution is -2.33. The van der Waals surface area contributed by atoms with Gasteiger partial charge >= 0.3 is 0 Å². The summed E-state index contributed by atoms with van der Waals surface area (Å²) in [4.78, 5) is 18.4. The lowest BCUT2D eigenvalue weighted by molar-refractivity contribution is 0.0704. The fraction of sp³-hybridized carbons (Fsp3) is 0.200. The Morgan fingerprint density at radius 2 is 1.92 bits per heavy atom. The van der Waals surface area contributed by atoms with Crippen LogP contribution in [0.25, 0.3) is 11.1 Å². The van der Waals surface area contributed by atoms with Gasteiger partial charge < -0.3 is 14.6 Å². The second-order valence-corrected chi connectivity index (χ2v) is 6.00. The summed E-state index contributed by atoms with van der Waals surface area (Å²) in [6.45, 7) is 0.445. The topological polar surface area (TPSA) is 58.4 Å². The number of halogens is 1. The molecule has 134 valence electrons. The second-order valence-electron chi connectivity index (χ2n) is 6.00. The minimum Gasteiger partial charge on any atom is -0.395 e. The molecule has 1 aromatic heterocycles. The third-order valence-corrected chi connectivity index (χ3v) is 4.24. The lowest BCUT2D eigenvalue weighted by atomic mass is 10.0. The van der Waals surface area contributed by atoms with Gasteiger partial charge in [0.2, 0.25) is 0 Å². The number of carbonyl (C=O) groups excluding carboxylic acids is 1. The van der Waals surface area contributed by atoms with Gasteiger partial charge in [0.15, 0.2) is 0 Å². The van der Waals surface area contributed by atoms with E-state index in [0.29, 0.717) is 23.2 Å². The summed E-state index contributed by atoms with van der Waals surface area (Å²) in [5.74, 6) is -0.495. The Kier molecular flexibility index (Phi) is 5.43. The molecule has 0 aliphatic heterocycles. The van der Waals surface area contributed by atoms with Crippen molar-refractivity contribution >= 4 is 5.91 Å². The molecule has 3 rings (SSSR count). The van der Waals surface area contributed by atoms with Crippen LogP contribution in [0.5, 0.6) is 0 Å². The Balaban J connectivity index is 1.81. The van der Waals surface area contributed by atoms with Gasteiger partial charge in [-0.25, -0.2) is 9.37 Å². The van der Waals surface area contributed by atoms with Gasteiger partial charge in [-0.3, -0.25) is 4.79 Å². The fourth-order valence-electron chi connectivity index (χ4n) is 2.78. The van der Waals surface area contributed by atoms with E-state index in [2.05, 4.69) is 4.98 Å². The number of imidazole rings is 1. The number of hydrogen-bond donors (Lipinski definition) is 1. The number of aliphatic hydroxyl groups is 1. The second kappa shape index (κ2) is 7.93. The van der Waals surface area contributed by atoms with E-state index in [9.17, 15) is 14.3 Å². The van der Waals surface area contributed by atoms with E-state index in [1.807, 2.05) is 11.6 Å². The van der Waals surface area contributed by atoms with Crippen LogP contribution in [0.2, 0.25) is 0 Å². The number of aryl methyl sites for hydroxylation is 1. The van der Waals surface area contributed by atoms with Crippen LogP contribution in [0.4, 0.5) is 4.39 Å². The maximum absolute atomic E-state index is 13.9. The molecule has 0 spiro atoms. The standard InChI is InChI=1S/C20H20FN3O2/c1-23-14-22-12-17(23)13-24(10-11-25)20(26)16-8-6-15(7-9-16)18-4-2-3-5-19(18)21/h2-9,12,14,25H,10-11,13H2,1H3. The Morgan fingerprint density at radius 1 is 1.19 bits per heavy atom. The van der Waals surface area contributed by atoms with Crippen molar-refractivity contribution in [2.75, 3.05) is 13.2 Å². The average molecular weight is 353 g/mol. The minimum atomic E-state index is -0.301. The molecule has 1 amide bonds. The third-order valence-electron chi connectivity index (χ3n) is 4.24. The van der Waals surface area contributed by atoms with E-state index >= 15 is 0 Å². The zero-order valence-corrected chi connectivity index (χ0v) is 14.5. The van der Waals surface area contributed by atoms with Crippen molar-refractivity contribution in [1.29, 1.82) is 0 Å². The van der Waals surface area contributed by atoms with Gasteiger partial charge in [-0.2, -0.15) is 0 Å². The number of amides is 1. The molecule has 0 saturated carbocycles. The number of rotatable bonds is 6. The SMILES string of the molecule is Cn1cncc1CN(CCO)C(=O)c1ccc(-c2ccccc2F)cc1. The number of benzene rings is 2. The Hall–Kier alpha value is -2.99. The normalized spacial score (nSPS) is 10.7. The molecule has 0 atom stereocenters. The Morgan fingerprint density at radius 3 is 2.54 bits per heavy atom. The first kappa shape index (κ1) is 17.8. The minimum absolute atomic E-state index is 0.128. The highest BCUT2D eigenvalue weighted by molar-refractivity contribution is 5.94. The maximum atomic E-state index is 13.9. The van der Waals surface area contributed by atoms with Gasteiger partial charge in [0.25, 0.3) is 5.91 Å². The van der Waals surface area contributed by atoms with Crippen LogP contribution >= 0.6 is 0 Å². The van der Waals surface area contributed by atoms with E-state index in [1.54, 1.807) is 59.9 Å². The largest absolute Gasteiger partial charge is 0.395 e. The van der Waals surface area contributed by atoms with Crippen molar-refractivity contribution in [3.8, 4) is 11.1 Å². The summed E-state index contributed by atoms with van der Waals surface area (Å²) in [5, 5.41) is 9.30. The van der Waals surface area contributed by atoms with Crippen molar-refractivity contribution < 1.29 is 14.3 Å². The van der Waals surface area contributed by atoms with Gasteiger partial charge in [0.05, 0.1) is 25.2 Å². The molecule has 1 N–H and O–H groups in total. The van der Waals surface area contributed by atoms with Crippen molar-refractivity contribution in [3.05, 3.63) is 78.1 Å². The van der Waals surface area contributed by atoms with E-state index in [0.717, 1.165) is 5.69 Å². The van der Waals surface area contributed by atoms with Gasteiger partial charge in [0, 0.05) is 30.9 Å². The molecule has 0 aliphatic rings. The highest BCUT2D eigenvalue weighted by Crippen LogP contribution is 2.23. The van der Waals surface area contributed by atoms with Crippen LogP contribution in [0.1, 0.15) is 16.1 Å². The first-order valence-corrected chi connectivity index (χ1v) is 8.30. The van der Waals surface area contributed by atoms with Crippen LogP contribution in [-0.4, -0.2) is 38.6 Å². The van der Waals surface area contributed by atoms with Crippen molar-refractivity contribution in [2.45, 2.75) is 6.54 Å². The molecule has 0 fully saturated rings. The number of hydrogen-bond acceptors (Lipinski definition) is 3. The predicted molar refractivity (Wildman–Crippen MR) is 96.9 cm³/mol. The lowest BCUT2D eigenvalue weighted by Gasteiger charge is -2.22. The van der Waals surface area contributed by atoms with Crippen molar-refractivity contribution in [1.82, 2.24) is 14.5 Å². The summed E-state index contributed by atoms with van der Waals surface area (Å²) in [5.41, 5.74) is 2.56. The molecular weight excluding hydrogens is 333 g/mol. The molecule has 26 heavy (non-hydrogen) atoms. The summed E-state index contributed by atoms with van der Waals surface area (Å²) in [6, 6.07) is 13.3. The van der Waals surface area contributed by atoms with Crippen molar-refractivity contribution in [2.24, 2.45) is 7.05 Å². The number of nitrogens with zero attached hydrogens (tertiary/aromatic N) is 3. The quantitative estimate of drug-likeness (QED) is 0.741. The molecule has 0 radical (unpaired) electrons. The molecule has 6 heteroatoms. The molecule has 2 aromatic carbocycles. The molecule has 3 aromatic rings. The van der Waals surface area contributed by atoms with Gasteiger partial charge in [-0.05, 0) is 23.8 Å². The molecule has 0 unspecified atom stereocenters. The van der Waals surface area contributed by atoms with Crippen LogP contribution in [-0.2, 0) is 13.6 Å². The average Bonchev–Trinajstić information content (AvgIpc) is 3.06. The maximum Gasteiger partial charge on any atom is 0.254 e. The molecule has 0 saturated heterocycles. The third kappa shape index (κ3) is 3.81. The predicted octanol–water partition coefficient (Wildman–Crippen LogP) is 2.86. The first-order chi connectivity index (χ1) is 12.6. The van der Waals surface area contributed by atoms with Crippen LogP contribution in [0.3, 0.4) is 0 Å².